The zero-order chi connectivity index (χ0) is 11.4. The van der Waals surface area contributed by atoms with Crippen molar-refractivity contribution in [1.29, 1.82) is 0 Å². The molecule has 2 rings (SSSR count). The Hall–Kier alpha value is -1.55. The number of rotatable bonds is 3. The third-order valence-corrected chi connectivity index (χ3v) is 2.42. The molecule has 1 aromatic rings. The molecule has 1 heterocycles. The normalized spacial score (nSPS) is 14.5. The van der Waals surface area contributed by atoms with E-state index in [-0.39, 0.29) is 5.28 Å². The SMILES string of the molecule is COc1cnc(Cl)nc1NC1=CC=CCC1. The third-order valence-electron chi connectivity index (χ3n) is 2.24. The van der Waals surface area contributed by atoms with Crippen LogP contribution in [-0.2, 0) is 0 Å². The van der Waals surface area contributed by atoms with Crippen LogP contribution in [0.2, 0.25) is 5.28 Å². The van der Waals surface area contributed by atoms with Crippen molar-refractivity contribution >= 4 is 17.4 Å². The van der Waals surface area contributed by atoms with E-state index in [4.69, 9.17) is 16.3 Å². The highest BCUT2D eigenvalue weighted by Crippen LogP contribution is 2.25. The van der Waals surface area contributed by atoms with E-state index in [0.29, 0.717) is 11.6 Å². The molecule has 1 aliphatic rings. The van der Waals surface area contributed by atoms with Gasteiger partial charge in [0.05, 0.1) is 13.3 Å². The highest BCUT2D eigenvalue weighted by atomic mass is 35.5. The van der Waals surface area contributed by atoms with Crippen molar-refractivity contribution < 1.29 is 4.74 Å². The first-order valence-electron chi connectivity index (χ1n) is 4.99. The van der Waals surface area contributed by atoms with Crippen LogP contribution in [0.4, 0.5) is 5.82 Å². The maximum absolute atomic E-state index is 5.74. The third kappa shape index (κ3) is 2.52. The van der Waals surface area contributed by atoms with E-state index < -0.39 is 0 Å². The Bertz CT molecular complexity index is 443. The van der Waals surface area contributed by atoms with E-state index in [9.17, 15) is 0 Å². The number of hydrogen-bond acceptors (Lipinski definition) is 4. The van der Waals surface area contributed by atoms with Crippen molar-refractivity contribution in [3.63, 3.8) is 0 Å². The van der Waals surface area contributed by atoms with Crippen LogP contribution >= 0.6 is 11.6 Å². The van der Waals surface area contributed by atoms with Gasteiger partial charge in [-0.1, -0.05) is 12.2 Å². The lowest BCUT2D eigenvalue weighted by molar-refractivity contribution is 0.413. The van der Waals surface area contributed by atoms with Crippen LogP contribution in [0.5, 0.6) is 5.75 Å². The first kappa shape index (κ1) is 11.0. The van der Waals surface area contributed by atoms with E-state index in [1.165, 1.54) is 0 Å². The average Bonchev–Trinajstić information content (AvgIpc) is 2.31. The quantitative estimate of drug-likeness (QED) is 0.822. The van der Waals surface area contributed by atoms with Gasteiger partial charge in [-0.15, -0.1) is 0 Å². The first-order valence-corrected chi connectivity index (χ1v) is 5.36. The number of methoxy groups -OCH3 is 1. The number of halogens is 1. The molecule has 0 bridgehead atoms. The smallest absolute Gasteiger partial charge is 0.224 e. The predicted octanol–water partition coefficient (Wildman–Crippen LogP) is 2.78. The van der Waals surface area contributed by atoms with Crippen LogP contribution < -0.4 is 10.1 Å². The van der Waals surface area contributed by atoms with Gasteiger partial charge in [0.25, 0.3) is 0 Å². The standard InChI is InChI=1S/C11H12ClN3O/c1-16-9-7-13-11(12)15-10(9)14-8-5-3-2-4-6-8/h2-3,5,7H,4,6H2,1H3,(H,13,14,15). The number of anilines is 1. The lowest BCUT2D eigenvalue weighted by Crippen LogP contribution is -2.05. The molecule has 16 heavy (non-hydrogen) atoms. The van der Waals surface area contributed by atoms with Gasteiger partial charge < -0.3 is 10.1 Å². The fourth-order valence-corrected chi connectivity index (χ4v) is 1.58. The lowest BCUT2D eigenvalue weighted by Gasteiger charge is -2.13. The van der Waals surface area contributed by atoms with Gasteiger partial charge >= 0.3 is 0 Å². The Morgan fingerprint density at radius 3 is 3.06 bits per heavy atom. The molecule has 1 aliphatic carbocycles. The maximum atomic E-state index is 5.74. The van der Waals surface area contributed by atoms with Gasteiger partial charge in [-0.3, -0.25) is 0 Å². The highest BCUT2D eigenvalue weighted by molar-refractivity contribution is 6.28. The van der Waals surface area contributed by atoms with Crippen molar-refractivity contribution in [2.24, 2.45) is 0 Å². The Kier molecular flexibility index (Phi) is 3.41. The number of aromatic nitrogens is 2. The number of hydrogen-bond donors (Lipinski definition) is 1. The summed E-state index contributed by atoms with van der Waals surface area (Å²) in [6, 6.07) is 0. The number of ether oxygens (including phenoxy) is 1. The summed E-state index contributed by atoms with van der Waals surface area (Å²) in [6.45, 7) is 0. The average molecular weight is 238 g/mol. The predicted molar refractivity (Wildman–Crippen MR) is 63.7 cm³/mol. The summed E-state index contributed by atoms with van der Waals surface area (Å²) in [4.78, 5) is 7.95. The molecule has 84 valence electrons. The van der Waals surface area contributed by atoms with Gasteiger partial charge in [-0.2, -0.15) is 4.98 Å². The highest BCUT2D eigenvalue weighted by Gasteiger charge is 2.08. The van der Waals surface area contributed by atoms with Gasteiger partial charge in [-0.05, 0) is 30.5 Å². The summed E-state index contributed by atoms with van der Waals surface area (Å²) in [5.41, 5.74) is 1.09. The minimum Gasteiger partial charge on any atom is -0.491 e. The van der Waals surface area contributed by atoms with Gasteiger partial charge in [0, 0.05) is 5.70 Å². The molecule has 0 aliphatic heterocycles. The van der Waals surface area contributed by atoms with Crippen LogP contribution in [0.3, 0.4) is 0 Å². The number of nitrogens with zero attached hydrogens (tertiary/aromatic N) is 2. The van der Waals surface area contributed by atoms with E-state index in [0.717, 1.165) is 18.5 Å². The van der Waals surface area contributed by atoms with Gasteiger partial charge in [0.1, 0.15) is 0 Å². The zero-order valence-corrected chi connectivity index (χ0v) is 9.66. The minimum atomic E-state index is 0.204. The second-order valence-electron chi connectivity index (χ2n) is 3.34. The minimum absolute atomic E-state index is 0.204. The van der Waals surface area contributed by atoms with E-state index >= 15 is 0 Å². The molecule has 5 heteroatoms. The summed E-state index contributed by atoms with van der Waals surface area (Å²) in [7, 11) is 1.58. The molecular weight excluding hydrogens is 226 g/mol. The topological polar surface area (TPSA) is 47.0 Å². The largest absolute Gasteiger partial charge is 0.491 e. The Labute approximate surface area is 99.0 Å². The van der Waals surface area contributed by atoms with Crippen LogP contribution in [0.1, 0.15) is 12.8 Å². The molecule has 0 spiro atoms. The Balaban J connectivity index is 2.22. The van der Waals surface area contributed by atoms with E-state index in [1.807, 2.05) is 12.2 Å². The second-order valence-corrected chi connectivity index (χ2v) is 3.68. The number of allylic oxidation sites excluding steroid dienone is 4. The summed E-state index contributed by atoms with van der Waals surface area (Å²) in [6.07, 6.45) is 9.69. The molecule has 0 amide bonds. The molecule has 0 unspecified atom stereocenters. The van der Waals surface area contributed by atoms with E-state index in [2.05, 4.69) is 21.4 Å². The Morgan fingerprint density at radius 2 is 2.38 bits per heavy atom. The molecule has 1 N–H and O–H groups in total. The van der Waals surface area contributed by atoms with Gasteiger partial charge in [0.15, 0.2) is 11.6 Å². The zero-order valence-electron chi connectivity index (χ0n) is 8.90. The number of nitrogens with one attached hydrogen (secondary N) is 1. The van der Waals surface area contributed by atoms with Gasteiger partial charge in [0.2, 0.25) is 5.28 Å². The van der Waals surface area contributed by atoms with Crippen LogP contribution in [0.25, 0.3) is 0 Å². The molecule has 0 saturated heterocycles. The van der Waals surface area contributed by atoms with Crippen molar-refractivity contribution in [2.45, 2.75) is 12.8 Å². The molecule has 0 radical (unpaired) electrons. The molecule has 0 fully saturated rings. The fourth-order valence-electron chi connectivity index (χ4n) is 1.45. The van der Waals surface area contributed by atoms with Crippen LogP contribution in [0.15, 0.2) is 30.1 Å². The van der Waals surface area contributed by atoms with E-state index in [1.54, 1.807) is 13.3 Å². The molecular formula is C11H12ClN3O. The maximum Gasteiger partial charge on any atom is 0.224 e. The first-order chi connectivity index (χ1) is 7.79. The van der Waals surface area contributed by atoms with Crippen molar-refractivity contribution in [1.82, 2.24) is 9.97 Å². The summed E-state index contributed by atoms with van der Waals surface area (Å²) < 4.78 is 5.15. The fraction of sp³-hybridized carbons (Fsp3) is 0.273. The van der Waals surface area contributed by atoms with Crippen LogP contribution in [0, 0.1) is 0 Å². The summed E-state index contributed by atoms with van der Waals surface area (Å²) >= 11 is 5.74. The molecule has 4 nitrogen and oxygen atoms in total. The monoisotopic (exact) mass is 237 g/mol. The summed E-state index contributed by atoms with van der Waals surface area (Å²) in [5, 5.41) is 3.39. The van der Waals surface area contributed by atoms with Crippen molar-refractivity contribution in [3.05, 3.63) is 35.4 Å². The van der Waals surface area contributed by atoms with Crippen LogP contribution in [-0.4, -0.2) is 17.1 Å². The van der Waals surface area contributed by atoms with Gasteiger partial charge in [-0.25, -0.2) is 4.98 Å². The molecule has 0 atom stereocenters. The summed E-state index contributed by atoms with van der Waals surface area (Å²) in [5.74, 6) is 1.18. The molecule has 1 aromatic heterocycles. The Morgan fingerprint density at radius 1 is 1.50 bits per heavy atom. The lowest BCUT2D eigenvalue weighted by atomic mass is 10.1. The molecule has 0 saturated carbocycles. The van der Waals surface area contributed by atoms with Crippen molar-refractivity contribution in [3.8, 4) is 5.75 Å². The molecule has 0 aromatic carbocycles. The second kappa shape index (κ2) is 4.99. The van der Waals surface area contributed by atoms with Crippen molar-refractivity contribution in [2.75, 3.05) is 12.4 Å².